The molecule has 4 saturated carbocycles. The first kappa shape index (κ1) is 23.0. The topological polar surface area (TPSA) is 48.6 Å². The highest BCUT2D eigenvalue weighted by molar-refractivity contribution is 5.94. The fraction of sp³-hybridized carbons (Fsp3) is 0.889. The number of carbonyl (C=O) groups excluding carboxylic acids is 1. The zero-order chi connectivity index (χ0) is 20.1. The zero-order valence-corrected chi connectivity index (χ0v) is 19.6. The lowest BCUT2D eigenvalue weighted by molar-refractivity contribution is -0.118. The molecular weight excluding hydrogens is 356 g/mol. The lowest BCUT2D eigenvalue weighted by Crippen LogP contribution is -2.53. The van der Waals surface area contributed by atoms with Crippen LogP contribution < -0.4 is 0 Å². The first-order valence-corrected chi connectivity index (χ1v) is 12.5. The molecule has 2 nitrogen and oxygen atoms in total. The van der Waals surface area contributed by atoms with E-state index < -0.39 is 0 Å². The van der Waals surface area contributed by atoms with E-state index in [1.165, 1.54) is 64.2 Å². The number of rotatable bonds is 5. The Morgan fingerprint density at radius 2 is 1.69 bits per heavy atom. The Morgan fingerprint density at radius 3 is 2.41 bits per heavy atom. The van der Waals surface area contributed by atoms with Crippen molar-refractivity contribution < 1.29 is 10.3 Å². The van der Waals surface area contributed by atoms with Crippen LogP contribution in [0.15, 0.2) is 12.2 Å². The minimum absolute atomic E-state index is 0. The second-order valence-corrected chi connectivity index (χ2v) is 11.9. The fourth-order valence-corrected chi connectivity index (χ4v) is 9.04. The molecule has 29 heavy (non-hydrogen) atoms. The standard InChI is InChI=1S/C27H44O.H2O/c1-18(2)25(28)14-9-19(3)22-12-13-23-21-11-10-20-8-6-7-16-26(20,4)24(21)15-17-27(22,23)5;/h19-24H,1,6-17H2,2-5H3;1H2/t19-,20?,21+,22-,23+,24+,26+,27-;/m1./s1. The highest BCUT2D eigenvalue weighted by Crippen LogP contribution is 2.68. The molecule has 0 aromatic rings. The van der Waals surface area contributed by atoms with Crippen LogP contribution in [0.3, 0.4) is 0 Å². The predicted octanol–water partition coefficient (Wildman–Crippen LogP) is 6.77. The quantitative estimate of drug-likeness (QED) is 0.468. The number of hydrogen-bond acceptors (Lipinski definition) is 1. The summed E-state index contributed by atoms with van der Waals surface area (Å²) in [5, 5.41) is 0. The van der Waals surface area contributed by atoms with Crippen LogP contribution in [0.4, 0.5) is 0 Å². The molecule has 0 amide bonds. The van der Waals surface area contributed by atoms with Crippen LogP contribution >= 0.6 is 0 Å². The van der Waals surface area contributed by atoms with Gasteiger partial charge in [0.1, 0.15) is 0 Å². The van der Waals surface area contributed by atoms with Crippen LogP contribution in [0.1, 0.15) is 105 Å². The Hall–Kier alpha value is -0.630. The molecule has 0 aliphatic heterocycles. The molecule has 0 aromatic carbocycles. The normalized spacial score (nSPS) is 44.6. The van der Waals surface area contributed by atoms with Gasteiger partial charge < -0.3 is 5.48 Å². The molecule has 1 unspecified atom stereocenters. The van der Waals surface area contributed by atoms with E-state index in [9.17, 15) is 4.79 Å². The maximum Gasteiger partial charge on any atom is 0.157 e. The van der Waals surface area contributed by atoms with E-state index in [4.69, 9.17) is 0 Å². The average molecular weight is 403 g/mol. The van der Waals surface area contributed by atoms with Gasteiger partial charge >= 0.3 is 0 Å². The third-order valence-electron chi connectivity index (χ3n) is 10.6. The summed E-state index contributed by atoms with van der Waals surface area (Å²) < 4.78 is 0. The molecule has 0 saturated heterocycles. The maximum atomic E-state index is 12.1. The average Bonchev–Trinajstić information content (AvgIpc) is 3.02. The molecule has 166 valence electrons. The van der Waals surface area contributed by atoms with Crippen molar-refractivity contribution in [3.63, 3.8) is 0 Å². The predicted molar refractivity (Wildman–Crippen MR) is 122 cm³/mol. The smallest absolute Gasteiger partial charge is 0.157 e. The molecule has 0 bridgehead atoms. The van der Waals surface area contributed by atoms with Crippen LogP contribution in [0.25, 0.3) is 0 Å². The van der Waals surface area contributed by atoms with E-state index >= 15 is 0 Å². The molecule has 0 aromatic heterocycles. The van der Waals surface area contributed by atoms with Gasteiger partial charge in [0.2, 0.25) is 0 Å². The van der Waals surface area contributed by atoms with Crippen molar-refractivity contribution in [2.45, 2.75) is 105 Å². The van der Waals surface area contributed by atoms with Crippen LogP contribution in [0.5, 0.6) is 0 Å². The number of ketones is 1. The molecule has 2 N–H and O–H groups in total. The molecule has 4 aliphatic carbocycles. The lowest BCUT2D eigenvalue weighted by atomic mass is 9.44. The number of hydrogen-bond donors (Lipinski definition) is 0. The molecule has 8 atom stereocenters. The van der Waals surface area contributed by atoms with Gasteiger partial charge in [-0.1, -0.05) is 40.2 Å². The Balaban J connectivity index is 0.00000240. The van der Waals surface area contributed by atoms with Crippen molar-refractivity contribution in [1.29, 1.82) is 0 Å². The fourth-order valence-electron chi connectivity index (χ4n) is 9.04. The molecule has 4 rings (SSSR count). The van der Waals surface area contributed by atoms with E-state index in [-0.39, 0.29) is 11.3 Å². The summed E-state index contributed by atoms with van der Waals surface area (Å²) >= 11 is 0. The Morgan fingerprint density at radius 1 is 0.966 bits per heavy atom. The second-order valence-electron chi connectivity index (χ2n) is 11.9. The van der Waals surface area contributed by atoms with Crippen LogP contribution in [-0.2, 0) is 4.79 Å². The van der Waals surface area contributed by atoms with Crippen molar-refractivity contribution >= 4 is 5.78 Å². The van der Waals surface area contributed by atoms with E-state index in [1.807, 2.05) is 6.92 Å². The van der Waals surface area contributed by atoms with Gasteiger partial charge in [-0.15, -0.1) is 0 Å². The molecule has 0 spiro atoms. The Bertz CT molecular complexity index is 624. The summed E-state index contributed by atoms with van der Waals surface area (Å²) in [5.74, 6) is 5.76. The number of allylic oxidation sites excluding steroid dienone is 1. The summed E-state index contributed by atoms with van der Waals surface area (Å²) in [7, 11) is 0. The van der Waals surface area contributed by atoms with Gasteiger partial charge in [0.15, 0.2) is 5.78 Å². The monoisotopic (exact) mass is 402 g/mol. The SMILES string of the molecule is C=C(C)C(=O)CC[C@@H](C)[C@H]1CC[C@H]2[C@@H]3CCC4CCCC[C@]4(C)[C@H]3CC[C@]12C.O. The summed E-state index contributed by atoms with van der Waals surface area (Å²) in [6.07, 6.45) is 16.6. The van der Waals surface area contributed by atoms with Crippen molar-refractivity contribution in [3.05, 3.63) is 12.2 Å². The summed E-state index contributed by atoms with van der Waals surface area (Å²) in [6, 6.07) is 0. The van der Waals surface area contributed by atoms with Gasteiger partial charge in [0, 0.05) is 6.42 Å². The van der Waals surface area contributed by atoms with Gasteiger partial charge in [-0.2, -0.15) is 0 Å². The van der Waals surface area contributed by atoms with Crippen molar-refractivity contribution in [3.8, 4) is 0 Å². The highest BCUT2D eigenvalue weighted by Gasteiger charge is 2.60. The highest BCUT2D eigenvalue weighted by atomic mass is 16.1. The van der Waals surface area contributed by atoms with Crippen LogP contribution in [-0.4, -0.2) is 11.3 Å². The number of carbonyl (C=O) groups is 1. The number of Topliss-reactive ketones (excluding diaryl/α,β-unsaturated/α-hetero) is 1. The van der Waals surface area contributed by atoms with Gasteiger partial charge in [0.05, 0.1) is 0 Å². The first-order chi connectivity index (χ1) is 13.3. The van der Waals surface area contributed by atoms with E-state index in [0.717, 1.165) is 41.6 Å². The third kappa shape index (κ3) is 3.77. The van der Waals surface area contributed by atoms with E-state index in [0.29, 0.717) is 23.2 Å². The van der Waals surface area contributed by atoms with Gasteiger partial charge in [-0.05, 0) is 117 Å². The largest absolute Gasteiger partial charge is 0.412 e. The minimum Gasteiger partial charge on any atom is -0.412 e. The molecule has 0 radical (unpaired) electrons. The van der Waals surface area contributed by atoms with Crippen molar-refractivity contribution in [2.24, 2.45) is 46.3 Å². The van der Waals surface area contributed by atoms with Crippen molar-refractivity contribution in [2.75, 3.05) is 0 Å². The van der Waals surface area contributed by atoms with Crippen LogP contribution in [0.2, 0.25) is 0 Å². The molecule has 4 fully saturated rings. The lowest BCUT2D eigenvalue weighted by Gasteiger charge is -2.61. The zero-order valence-electron chi connectivity index (χ0n) is 19.6. The molecule has 2 heteroatoms. The maximum absolute atomic E-state index is 12.1. The Kier molecular flexibility index (Phi) is 6.74. The first-order valence-electron chi connectivity index (χ1n) is 12.5. The number of fused-ring (bicyclic) bond motifs is 5. The van der Waals surface area contributed by atoms with E-state index in [2.05, 4.69) is 27.4 Å². The van der Waals surface area contributed by atoms with Crippen molar-refractivity contribution in [1.82, 2.24) is 0 Å². The van der Waals surface area contributed by atoms with Gasteiger partial charge in [-0.3, -0.25) is 4.79 Å². The summed E-state index contributed by atoms with van der Waals surface area (Å²) in [6.45, 7) is 13.5. The third-order valence-corrected chi connectivity index (χ3v) is 10.6. The minimum atomic E-state index is 0. The molecular formula is C27H46O2. The molecule has 0 heterocycles. The molecule has 4 aliphatic rings. The van der Waals surface area contributed by atoms with E-state index in [1.54, 1.807) is 0 Å². The van der Waals surface area contributed by atoms with Gasteiger partial charge in [-0.25, -0.2) is 0 Å². The van der Waals surface area contributed by atoms with Gasteiger partial charge in [0.25, 0.3) is 0 Å². The Labute approximate surface area is 179 Å². The van der Waals surface area contributed by atoms with Crippen LogP contribution in [0, 0.1) is 46.3 Å². The summed E-state index contributed by atoms with van der Waals surface area (Å²) in [4.78, 5) is 12.1. The summed E-state index contributed by atoms with van der Waals surface area (Å²) in [5.41, 5.74) is 1.92. The second kappa shape index (κ2) is 8.48.